The lowest BCUT2D eigenvalue weighted by atomic mass is 9.75. The molecule has 2 atom stereocenters. The quantitative estimate of drug-likeness (QED) is 0.813. The zero-order chi connectivity index (χ0) is 20.6. The van der Waals surface area contributed by atoms with Gasteiger partial charge < -0.3 is 24.2 Å². The molecule has 0 radical (unpaired) electrons. The number of carbonyl (C=O) groups excluding carboxylic acids is 1. The molecular formula is C22H29NO6. The fourth-order valence-corrected chi connectivity index (χ4v) is 5.49. The summed E-state index contributed by atoms with van der Waals surface area (Å²) in [6.07, 6.45) is 4.16. The highest BCUT2D eigenvalue weighted by molar-refractivity contribution is 5.90. The van der Waals surface area contributed by atoms with Gasteiger partial charge in [0.25, 0.3) is 0 Å². The molecule has 1 amide bonds. The highest BCUT2D eigenvalue weighted by atomic mass is 16.5. The molecule has 1 aliphatic carbocycles. The van der Waals surface area contributed by atoms with Crippen molar-refractivity contribution >= 4 is 11.9 Å². The van der Waals surface area contributed by atoms with Crippen LogP contribution in [0.2, 0.25) is 0 Å². The van der Waals surface area contributed by atoms with Crippen LogP contribution in [0, 0.1) is 11.3 Å². The number of nitrogens with zero attached hydrogens (tertiary/aromatic N) is 1. The van der Waals surface area contributed by atoms with Crippen LogP contribution in [-0.2, 0) is 19.7 Å². The summed E-state index contributed by atoms with van der Waals surface area (Å²) in [7, 11) is 3.18. The van der Waals surface area contributed by atoms with Gasteiger partial charge in [0.1, 0.15) is 5.41 Å². The van der Waals surface area contributed by atoms with E-state index in [0.29, 0.717) is 31.1 Å². The fourth-order valence-electron chi connectivity index (χ4n) is 5.49. The minimum atomic E-state index is -0.981. The summed E-state index contributed by atoms with van der Waals surface area (Å²) >= 11 is 0. The van der Waals surface area contributed by atoms with Gasteiger partial charge in [-0.3, -0.25) is 9.59 Å². The first-order chi connectivity index (χ1) is 14.0. The van der Waals surface area contributed by atoms with E-state index in [1.807, 2.05) is 18.2 Å². The zero-order valence-electron chi connectivity index (χ0n) is 17.1. The van der Waals surface area contributed by atoms with E-state index in [9.17, 15) is 14.7 Å². The molecule has 4 rings (SSSR count). The van der Waals surface area contributed by atoms with Crippen LogP contribution in [0.25, 0.3) is 0 Å². The van der Waals surface area contributed by atoms with Gasteiger partial charge in [-0.15, -0.1) is 0 Å². The normalized spacial score (nSPS) is 28.1. The lowest BCUT2D eigenvalue weighted by molar-refractivity contribution is -0.160. The molecule has 7 heteroatoms. The Kier molecular flexibility index (Phi) is 5.19. The summed E-state index contributed by atoms with van der Waals surface area (Å²) in [4.78, 5) is 27.7. The molecule has 158 valence electrons. The van der Waals surface area contributed by atoms with Crippen LogP contribution in [0.15, 0.2) is 18.2 Å². The SMILES string of the molecule is COc1ccc(C2(C(=O)N3C[C@@H]4CCOC[C@]4(C(=O)O)C3)CCCC2)cc1OC. The number of likely N-dealkylation sites (tertiary alicyclic amines) is 1. The summed E-state index contributed by atoms with van der Waals surface area (Å²) in [6.45, 7) is 1.45. The number of benzene rings is 1. The minimum absolute atomic E-state index is 0.0391. The van der Waals surface area contributed by atoms with Gasteiger partial charge in [-0.25, -0.2) is 0 Å². The topological polar surface area (TPSA) is 85.3 Å². The molecule has 3 aliphatic rings. The third-order valence-electron chi connectivity index (χ3n) is 7.18. The third kappa shape index (κ3) is 3.06. The van der Waals surface area contributed by atoms with E-state index < -0.39 is 16.8 Å². The van der Waals surface area contributed by atoms with Crippen molar-refractivity contribution in [2.24, 2.45) is 11.3 Å². The molecule has 7 nitrogen and oxygen atoms in total. The Balaban J connectivity index is 1.68. The van der Waals surface area contributed by atoms with Crippen molar-refractivity contribution in [3.63, 3.8) is 0 Å². The smallest absolute Gasteiger partial charge is 0.314 e. The van der Waals surface area contributed by atoms with Gasteiger partial charge >= 0.3 is 5.97 Å². The third-order valence-corrected chi connectivity index (χ3v) is 7.18. The van der Waals surface area contributed by atoms with E-state index in [1.165, 1.54) is 0 Å². The Bertz CT molecular complexity index is 802. The summed E-state index contributed by atoms with van der Waals surface area (Å²) in [5.74, 6) is 0.364. The second-order valence-electron chi connectivity index (χ2n) is 8.54. The molecule has 0 bridgehead atoms. The number of carbonyl (C=O) groups is 2. The Morgan fingerprint density at radius 2 is 1.90 bits per heavy atom. The molecule has 3 fully saturated rings. The van der Waals surface area contributed by atoms with Crippen molar-refractivity contribution < 1.29 is 28.9 Å². The van der Waals surface area contributed by atoms with Crippen LogP contribution in [0.5, 0.6) is 11.5 Å². The molecule has 0 aromatic heterocycles. The van der Waals surface area contributed by atoms with Crippen molar-refractivity contribution in [1.29, 1.82) is 0 Å². The van der Waals surface area contributed by atoms with Gasteiger partial charge in [0, 0.05) is 19.7 Å². The van der Waals surface area contributed by atoms with E-state index in [2.05, 4.69) is 0 Å². The first kappa shape index (κ1) is 20.0. The maximum Gasteiger partial charge on any atom is 0.314 e. The summed E-state index contributed by atoms with van der Waals surface area (Å²) in [5, 5.41) is 9.92. The van der Waals surface area contributed by atoms with Crippen LogP contribution < -0.4 is 9.47 Å². The van der Waals surface area contributed by atoms with Crippen LogP contribution in [-0.4, -0.2) is 62.4 Å². The van der Waals surface area contributed by atoms with E-state index >= 15 is 0 Å². The fraction of sp³-hybridized carbons (Fsp3) is 0.636. The largest absolute Gasteiger partial charge is 0.493 e. The van der Waals surface area contributed by atoms with Gasteiger partial charge in [0.2, 0.25) is 5.91 Å². The lowest BCUT2D eigenvalue weighted by Gasteiger charge is -2.35. The van der Waals surface area contributed by atoms with Gasteiger partial charge in [0.15, 0.2) is 11.5 Å². The molecule has 0 unspecified atom stereocenters. The van der Waals surface area contributed by atoms with Gasteiger partial charge in [0.05, 0.1) is 26.2 Å². The number of carboxylic acid groups (broad SMARTS) is 1. The number of rotatable bonds is 5. The van der Waals surface area contributed by atoms with Crippen molar-refractivity contribution in [3.05, 3.63) is 23.8 Å². The average molecular weight is 403 g/mol. The number of ether oxygens (including phenoxy) is 3. The van der Waals surface area contributed by atoms with E-state index in [1.54, 1.807) is 19.1 Å². The van der Waals surface area contributed by atoms with Gasteiger partial charge in [-0.1, -0.05) is 18.9 Å². The number of hydrogen-bond donors (Lipinski definition) is 1. The van der Waals surface area contributed by atoms with Crippen molar-refractivity contribution in [3.8, 4) is 11.5 Å². The number of aliphatic carboxylic acids is 1. The van der Waals surface area contributed by atoms with Crippen LogP contribution in [0.3, 0.4) is 0 Å². The summed E-state index contributed by atoms with van der Waals surface area (Å²) in [6, 6.07) is 5.70. The molecule has 29 heavy (non-hydrogen) atoms. The maximum absolute atomic E-state index is 13.9. The standard InChI is InChI=1S/C22H29NO6/c1-27-17-6-5-15(11-18(17)28-2)21(8-3-4-9-21)19(24)23-12-16-7-10-29-14-22(16,13-23)20(25)26/h5-6,11,16H,3-4,7-10,12-14H2,1-2H3,(H,25,26)/t16-,22+/m0/s1. The highest BCUT2D eigenvalue weighted by Crippen LogP contribution is 2.48. The predicted molar refractivity (Wildman–Crippen MR) is 105 cm³/mol. The average Bonchev–Trinajstić information content (AvgIpc) is 3.39. The minimum Gasteiger partial charge on any atom is -0.493 e. The van der Waals surface area contributed by atoms with Crippen LogP contribution >= 0.6 is 0 Å². The molecular weight excluding hydrogens is 374 g/mol. The maximum atomic E-state index is 13.9. The Hall–Kier alpha value is -2.28. The van der Waals surface area contributed by atoms with E-state index in [-0.39, 0.29) is 25.0 Å². The van der Waals surface area contributed by atoms with E-state index in [0.717, 1.165) is 31.2 Å². The Morgan fingerprint density at radius 3 is 2.52 bits per heavy atom. The number of carboxylic acids is 1. The molecule has 0 spiro atoms. The van der Waals surface area contributed by atoms with Crippen LogP contribution in [0.4, 0.5) is 0 Å². The Labute approximate surface area is 170 Å². The van der Waals surface area contributed by atoms with Crippen molar-refractivity contribution in [1.82, 2.24) is 4.90 Å². The predicted octanol–water partition coefficient (Wildman–Crippen LogP) is 2.47. The van der Waals surface area contributed by atoms with E-state index in [4.69, 9.17) is 14.2 Å². The molecule has 1 N–H and O–H groups in total. The number of fused-ring (bicyclic) bond motifs is 1. The second kappa shape index (κ2) is 7.52. The first-order valence-corrected chi connectivity index (χ1v) is 10.3. The van der Waals surface area contributed by atoms with Crippen molar-refractivity contribution in [2.45, 2.75) is 37.5 Å². The Morgan fingerprint density at radius 1 is 1.17 bits per heavy atom. The zero-order valence-corrected chi connectivity index (χ0v) is 17.1. The van der Waals surface area contributed by atoms with Crippen molar-refractivity contribution in [2.75, 3.05) is 40.5 Å². The molecule has 2 saturated heterocycles. The summed E-state index contributed by atoms with van der Waals surface area (Å²) in [5.41, 5.74) is -0.688. The van der Waals surface area contributed by atoms with Gasteiger partial charge in [-0.2, -0.15) is 0 Å². The molecule has 2 heterocycles. The molecule has 1 aromatic carbocycles. The monoisotopic (exact) mass is 403 g/mol. The molecule has 1 saturated carbocycles. The second-order valence-corrected chi connectivity index (χ2v) is 8.54. The number of amides is 1. The lowest BCUT2D eigenvalue weighted by Crippen LogP contribution is -2.48. The first-order valence-electron chi connectivity index (χ1n) is 10.3. The molecule has 1 aromatic rings. The number of hydrogen-bond acceptors (Lipinski definition) is 5. The highest BCUT2D eigenvalue weighted by Gasteiger charge is 2.57. The number of methoxy groups -OCH3 is 2. The van der Waals surface area contributed by atoms with Crippen LogP contribution in [0.1, 0.15) is 37.7 Å². The molecule has 2 aliphatic heterocycles. The summed E-state index contributed by atoms with van der Waals surface area (Å²) < 4.78 is 16.3. The van der Waals surface area contributed by atoms with Gasteiger partial charge in [-0.05, 0) is 42.9 Å².